The van der Waals surface area contributed by atoms with Crippen LogP contribution in [-0.4, -0.2) is 102 Å². The van der Waals surface area contributed by atoms with Crippen LogP contribution in [0.5, 0.6) is 0 Å². The molecule has 52 heavy (non-hydrogen) atoms. The third kappa shape index (κ3) is 8.03. The quantitative estimate of drug-likeness (QED) is 0.186. The van der Waals surface area contributed by atoms with Gasteiger partial charge in [0, 0.05) is 25.7 Å². The third-order valence-electron chi connectivity index (χ3n) is 13.3. The van der Waals surface area contributed by atoms with Gasteiger partial charge in [-0.2, -0.15) is 0 Å². The van der Waals surface area contributed by atoms with Gasteiger partial charge in [0.15, 0.2) is 0 Å². The van der Waals surface area contributed by atoms with Crippen LogP contribution in [0.1, 0.15) is 125 Å². The molecule has 1 saturated heterocycles. The Morgan fingerprint density at radius 1 is 0.923 bits per heavy atom. The van der Waals surface area contributed by atoms with E-state index in [1.165, 1.54) is 4.31 Å². The summed E-state index contributed by atoms with van der Waals surface area (Å²) in [7, 11) is -2.08. The van der Waals surface area contributed by atoms with Crippen LogP contribution in [0.2, 0.25) is 0 Å². The van der Waals surface area contributed by atoms with E-state index in [1.54, 1.807) is 18.9 Å². The lowest BCUT2D eigenvalue weighted by atomic mass is 9.79. The molecular formula is C38H62N6O7S. The number of nitrogens with zero attached hydrogens (tertiary/aromatic N) is 2. The van der Waals surface area contributed by atoms with Crippen LogP contribution in [0.3, 0.4) is 0 Å². The molecule has 1 aliphatic heterocycles. The van der Waals surface area contributed by atoms with Crippen LogP contribution in [0.15, 0.2) is 0 Å². The molecule has 13 nitrogen and oxygen atoms in total. The van der Waals surface area contributed by atoms with E-state index in [9.17, 15) is 32.4 Å². The van der Waals surface area contributed by atoms with E-state index >= 15 is 0 Å². The second kappa shape index (κ2) is 14.2. The summed E-state index contributed by atoms with van der Waals surface area (Å²) >= 11 is 0. The maximum atomic E-state index is 14.6. The molecule has 6 atom stereocenters. The van der Waals surface area contributed by atoms with Crippen molar-refractivity contribution in [1.29, 1.82) is 0 Å². The lowest BCUT2D eigenvalue weighted by Gasteiger charge is -2.44. The van der Waals surface area contributed by atoms with Crippen molar-refractivity contribution in [3.63, 3.8) is 0 Å². The number of urea groups is 1. The zero-order valence-electron chi connectivity index (χ0n) is 32.3. The van der Waals surface area contributed by atoms with Crippen LogP contribution >= 0.6 is 0 Å². The lowest BCUT2D eigenvalue weighted by Crippen LogP contribution is -2.66. The number of carbonyl (C=O) groups is 5. The molecule has 292 valence electrons. The van der Waals surface area contributed by atoms with Crippen LogP contribution in [0.25, 0.3) is 0 Å². The Labute approximate surface area is 309 Å². The molecule has 5 amide bonds. The highest BCUT2D eigenvalue weighted by molar-refractivity contribution is 7.89. The molecule has 6 rings (SSSR count). The van der Waals surface area contributed by atoms with E-state index in [0.717, 1.165) is 64.2 Å². The van der Waals surface area contributed by atoms with Crippen LogP contribution in [0.4, 0.5) is 4.79 Å². The predicted octanol–water partition coefficient (Wildman–Crippen LogP) is 3.22. The van der Waals surface area contributed by atoms with Crippen molar-refractivity contribution < 1.29 is 32.4 Å². The zero-order valence-corrected chi connectivity index (χ0v) is 33.1. The van der Waals surface area contributed by atoms with Gasteiger partial charge in [-0.05, 0) is 86.9 Å². The van der Waals surface area contributed by atoms with E-state index in [2.05, 4.69) is 35.1 Å². The monoisotopic (exact) mass is 746 g/mol. The fourth-order valence-electron chi connectivity index (χ4n) is 8.99. The van der Waals surface area contributed by atoms with Crippen LogP contribution < -0.4 is 21.3 Å². The molecule has 5 aliphatic carbocycles. The van der Waals surface area contributed by atoms with Crippen molar-refractivity contribution in [3.8, 4) is 0 Å². The molecule has 6 aliphatic rings. The number of piperidine rings is 1. The summed E-state index contributed by atoms with van der Waals surface area (Å²) in [5.41, 5.74) is -1.95. The first kappa shape index (κ1) is 39.0. The molecule has 0 unspecified atom stereocenters. The van der Waals surface area contributed by atoms with Gasteiger partial charge in [-0.1, -0.05) is 66.7 Å². The van der Waals surface area contributed by atoms with Crippen molar-refractivity contribution in [3.05, 3.63) is 0 Å². The summed E-state index contributed by atoms with van der Waals surface area (Å²) in [5.74, 6) is -1.74. The Morgan fingerprint density at radius 2 is 1.56 bits per heavy atom. The molecule has 4 N–H and O–H groups in total. The number of hydrogen-bond acceptors (Lipinski definition) is 7. The van der Waals surface area contributed by atoms with Crippen molar-refractivity contribution >= 4 is 39.6 Å². The van der Waals surface area contributed by atoms with Gasteiger partial charge < -0.3 is 26.2 Å². The van der Waals surface area contributed by atoms with Gasteiger partial charge in [-0.15, -0.1) is 0 Å². The van der Waals surface area contributed by atoms with E-state index in [-0.39, 0.29) is 29.3 Å². The Balaban J connectivity index is 1.19. The number of sulfonamides is 1. The summed E-state index contributed by atoms with van der Waals surface area (Å²) < 4.78 is 29.0. The Kier molecular flexibility index (Phi) is 10.6. The van der Waals surface area contributed by atoms with E-state index in [0.29, 0.717) is 31.7 Å². The van der Waals surface area contributed by atoms with Crippen LogP contribution in [-0.2, 0) is 29.2 Å². The highest BCUT2D eigenvalue weighted by Crippen LogP contribution is 2.65. The molecule has 0 aromatic rings. The second-order valence-electron chi connectivity index (χ2n) is 18.6. The number of hydrogen-bond donors (Lipinski definition) is 4. The molecule has 0 spiro atoms. The number of Topliss-reactive ketones (excluding diaryl/α,β-unsaturated/α-hetero) is 1. The average molecular weight is 747 g/mol. The van der Waals surface area contributed by atoms with Gasteiger partial charge in [0.1, 0.15) is 12.1 Å². The molecule has 5 saturated carbocycles. The minimum Gasteiger partial charge on any atom is -0.347 e. The normalized spacial score (nSPS) is 28.2. The van der Waals surface area contributed by atoms with E-state index in [4.69, 9.17) is 0 Å². The second-order valence-corrected chi connectivity index (χ2v) is 20.9. The van der Waals surface area contributed by atoms with Crippen molar-refractivity contribution in [1.82, 2.24) is 30.5 Å². The minimum absolute atomic E-state index is 0.00176. The van der Waals surface area contributed by atoms with Gasteiger partial charge in [0.25, 0.3) is 5.91 Å². The molecule has 14 heteroatoms. The van der Waals surface area contributed by atoms with E-state index in [1.807, 2.05) is 20.8 Å². The minimum atomic E-state index is -3.70. The Morgan fingerprint density at radius 3 is 2.12 bits per heavy atom. The summed E-state index contributed by atoms with van der Waals surface area (Å²) in [4.78, 5) is 70.6. The number of amides is 5. The van der Waals surface area contributed by atoms with Gasteiger partial charge in [0.05, 0.1) is 16.8 Å². The molecule has 1 heterocycles. The van der Waals surface area contributed by atoms with Crippen molar-refractivity contribution in [2.24, 2.45) is 28.6 Å². The van der Waals surface area contributed by atoms with Crippen molar-refractivity contribution in [2.45, 2.75) is 166 Å². The first-order chi connectivity index (χ1) is 24.3. The smallest absolute Gasteiger partial charge is 0.315 e. The molecule has 0 radical (unpaired) electrons. The summed E-state index contributed by atoms with van der Waals surface area (Å²) in [6.45, 7) is 11.7. The molecule has 0 aromatic carbocycles. The third-order valence-corrected chi connectivity index (χ3v) is 15.7. The van der Waals surface area contributed by atoms with Gasteiger partial charge in [-0.25, -0.2) is 17.5 Å². The molecule has 0 bridgehead atoms. The number of carbonyl (C=O) groups excluding carboxylic acids is 5. The fraction of sp³-hybridized carbons (Fsp3) is 0.868. The Bertz CT molecular complexity index is 1540. The zero-order chi connectivity index (χ0) is 38.0. The predicted molar refractivity (Wildman–Crippen MR) is 196 cm³/mol. The number of rotatable bonds is 15. The topological polar surface area (TPSA) is 174 Å². The van der Waals surface area contributed by atoms with E-state index < -0.39 is 73.9 Å². The lowest BCUT2D eigenvalue weighted by molar-refractivity contribution is -0.145. The summed E-state index contributed by atoms with van der Waals surface area (Å²) in [5, 5.41) is 10.8. The molecule has 0 aromatic heterocycles. The first-order valence-corrected chi connectivity index (χ1v) is 21.3. The molecular weight excluding hydrogens is 685 g/mol. The number of nitrogens with one attached hydrogen (secondary N) is 4. The summed E-state index contributed by atoms with van der Waals surface area (Å²) in [6, 6.07) is -3.46. The maximum absolute atomic E-state index is 14.6. The summed E-state index contributed by atoms with van der Waals surface area (Å²) in [6.07, 6.45) is 10.2. The maximum Gasteiger partial charge on any atom is 0.315 e. The fourth-order valence-corrected chi connectivity index (χ4v) is 11.0. The number of ketones is 1. The van der Waals surface area contributed by atoms with Crippen molar-refractivity contribution in [2.75, 3.05) is 13.6 Å². The molecule has 6 fully saturated rings. The van der Waals surface area contributed by atoms with Gasteiger partial charge in [-0.3, -0.25) is 19.2 Å². The largest absolute Gasteiger partial charge is 0.347 e. The Hall–Kier alpha value is -2.74. The SMILES string of the molecule is C[C@@H](C1(NC(=O)N[C@H](C(=O)N2C[C@H]3[C@@H]([C@H]2C(=O)N[C@@H](CCC2CC2)C(=O)C(=O)NC2CC2)C3(C)C)C(C)(C)C)CCCCC1)S(=O)(=O)N(C)C1CC1. The highest BCUT2D eigenvalue weighted by Gasteiger charge is 2.70. The highest BCUT2D eigenvalue weighted by atomic mass is 32.2. The number of likely N-dealkylation sites (tertiary alicyclic amines) is 1. The standard InChI is InChI=1S/C38H62N6O7S/c1-22(52(50,51)43(7)25-16-17-25)38(19-9-8-10-20-38)42-35(49)41-31(36(2,3)4)34(48)44-21-26-28(37(26,5)6)29(44)32(46)40-27(18-13-23-11-12-23)30(45)33(47)39-24-14-15-24/h22-29,31H,8-21H2,1-7H3,(H,39,47)(H,40,46)(H2,41,42,49)/t22-,26-,27-,28-,29-,31+/m0/s1. The average Bonchev–Trinajstić information content (AvgIpc) is 3.89. The van der Waals surface area contributed by atoms with Gasteiger partial charge in [0.2, 0.25) is 27.6 Å². The van der Waals surface area contributed by atoms with Gasteiger partial charge >= 0.3 is 6.03 Å². The van der Waals surface area contributed by atoms with Crippen LogP contribution in [0, 0.1) is 28.6 Å². The number of fused-ring (bicyclic) bond motifs is 1. The first-order valence-electron chi connectivity index (χ1n) is 19.8.